The molecule has 2 N–H and O–H groups in total. The summed E-state index contributed by atoms with van der Waals surface area (Å²) in [6.45, 7) is 4.67. The third kappa shape index (κ3) is 4.53. The minimum absolute atomic E-state index is 0.0699. The van der Waals surface area contributed by atoms with Crippen molar-refractivity contribution in [2.24, 2.45) is 0 Å². The molecule has 0 bridgehead atoms. The van der Waals surface area contributed by atoms with Crippen LogP contribution in [0, 0.1) is 0 Å². The number of methoxy groups -OCH3 is 1. The fraction of sp³-hybridized carbons (Fsp3) is 0.438. The first kappa shape index (κ1) is 17.0. The van der Waals surface area contributed by atoms with Gasteiger partial charge in [0.2, 0.25) is 5.91 Å². The lowest BCUT2D eigenvalue weighted by atomic mass is 10.2. The van der Waals surface area contributed by atoms with Crippen LogP contribution in [0.3, 0.4) is 0 Å². The first-order valence-electron chi connectivity index (χ1n) is 7.57. The first-order chi connectivity index (χ1) is 11.0. The van der Waals surface area contributed by atoms with Gasteiger partial charge in [0.25, 0.3) is 5.91 Å². The maximum atomic E-state index is 12.2. The summed E-state index contributed by atoms with van der Waals surface area (Å²) in [4.78, 5) is 38.1. The second-order valence-corrected chi connectivity index (χ2v) is 5.52. The predicted octanol–water partition coefficient (Wildman–Crippen LogP) is -0.841. The molecule has 0 spiro atoms. The summed E-state index contributed by atoms with van der Waals surface area (Å²) < 4.78 is 4.71. The molecule has 2 amide bonds. The average molecular weight is 320 g/mol. The second-order valence-electron chi connectivity index (χ2n) is 5.52. The minimum atomic E-state index is -0.483. The topological polar surface area (TPSA) is 80.2 Å². The van der Waals surface area contributed by atoms with Gasteiger partial charge in [-0.3, -0.25) is 9.59 Å². The van der Waals surface area contributed by atoms with E-state index >= 15 is 0 Å². The lowest BCUT2D eigenvalue weighted by Gasteiger charge is -2.31. The third-order valence-corrected chi connectivity index (χ3v) is 3.93. The van der Waals surface area contributed by atoms with Crippen molar-refractivity contribution in [1.82, 2.24) is 4.90 Å². The van der Waals surface area contributed by atoms with E-state index < -0.39 is 5.97 Å². The Morgan fingerprint density at radius 3 is 2.48 bits per heavy atom. The van der Waals surface area contributed by atoms with Gasteiger partial charge in [0.1, 0.15) is 0 Å². The van der Waals surface area contributed by atoms with Gasteiger partial charge in [0.05, 0.1) is 44.5 Å². The van der Waals surface area contributed by atoms with Crippen molar-refractivity contribution in [2.75, 3.05) is 45.2 Å². The molecule has 1 aliphatic heterocycles. The van der Waals surface area contributed by atoms with Crippen LogP contribution in [0.15, 0.2) is 24.3 Å². The number of carbonyl (C=O) groups excluding carboxylic acids is 3. The molecule has 1 aromatic carbocycles. The summed E-state index contributed by atoms with van der Waals surface area (Å²) in [5, 5.41) is 2.77. The number of quaternary nitrogens is 1. The summed E-state index contributed by atoms with van der Waals surface area (Å²) in [5.41, 5.74) is 0.783. The molecule has 0 saturated carbocycles. The Bertz CT molecular complexity index is 595. The van der Waals surface area contributed by atoms with Gasteiger partial charge < -0.3 is 19.9 Å². The van der Waals surface area contributed by atoms with Gasteiger partial charge in [-0.2, -0.15) is 0 Å². The lowest BCUT2D eigenvalue weighted by Crippen LogP contribution is -3.15. The zero-order chi connectivity index (χ0) is 16.8. The largest absolute Gasteiger partial charge is 0.465 e. The van der Waals surface area contributed by atoms with Gasteiger partial charge >= 0.3 is 5.97 Å². The molecule has 7 nitrogen and oxygen atoms in total. The number of benzene rings is 1. The molecule has 2 rings (SSSR count). The number of carbonyl (C=O) groups is 3. The number of hydrogen-bond acceptors (Lipinski definition) is 4. The third-order valence-electron chi connectivity index (χ3n) is 3.93. The fourth-order valence-electron chi connectivity index (χ4n) is 2.62. The summed E-state index contributed by atoms with van der Waals surface area (Å²) in [7, 11) is 1.31. The number of nitrogens with one attached hydrogen (secondary N) is 2. The van der Waals surface area contributed by atoms with Crippen molar-refractivity contribution >= 4 is 23.5 Å². The molecule has 0 aliphatic carbocycles. The Kier molecular flexibility index (Phi) is 5.70. The Labute approximate surface area is 135 Å². The number of esters is 1. The van der Waals surface area contributed by atoms with Gasteiger partial charge in [0.15, 0.2) is 6.54 Å². The van der Waals surface area contributed by atoms with Crippen LogP contribution in [0.5, 0.6) is 0 Å². The zero-order valence-corrected chi connectivity index (χ0v) is 13.4. The SMILES string of the molecule is COC(=O)c1ccccc1NC(=O)C[NH+]1CCN(C(C)=O)CC1. The zero-order valence-electron chi connectivity index (χ0n) is 13.4. The van der Waals surface area contributed by atoms with E-state index in [1.165, 1.54) is 7.11 Å². The second kappa shape index (κ2) is 7.73. The van der Waals surface area contributed by atoms with E-state index in [0.29, 0.717) is 30.9 Å². The van der Waals surface area contributed by atoms with Crippen molar-refractivity contribution in [1.29, 1.82) is 0 Å². The highest BCUT2D eigenvalue weighted by molar-refractivity contribution is 6.01. The number of piperazine rings is 1. The average Bonchev–Trinajstić information content (AvgIpc) is 2.55. The molecule has 0 unspecified atom stereocenters. The van der Waals surface area contributed by atoms with E-state index in [0.717, 1.165) is 18.0 Å². The number of anilines is 1. The van der Waals surface area contributed by atoms with Crippen molar-refractivity contribution in [2.45, 2.75) is 6.92 Å². The molecule has 23 heavy (non-hydrogen) atoms. The van der Waals surface area contributed by atoms with Crippen LogP contribution in [0.2, 0.25) is 0 Å². The molecule has 1 aliphatic rings. The van der Waals surface area contributed by atoms with Crippen molar-refractivity contribution in [3.8, 4) is 0 Å². The van der Waals surface area contributed by atoms with E-state index in [4.69, 9.17) is 4.74 Å². The fourth-order valence-corrected chi connectivity index (χ4v) is 2.62. The Morgan fingerprint density at radius 1 is 1.22 bits per heavy atom. The van der Waals surface area contributed by atoms with Crippen LogP contribution >= 0.6 is 0 Å². The smallest absolute Gasteiger partial charge is 0.339 e. The maximum absolute atomic E-state index is 12.2. The molecule has 7 heteroatoms. The molecular formula is C16H22N3O4+. The van der Waals surface area contributed by atoms with E-state index in [-0.39, 0.29) is 11.8 Å². The van der Waals surface area contributed by atoms with Crippen molar-refractivity contribution in [3.63, 3.8) is 0 Å². The summed E-state index contributed by atoms with van der Waals surface area (Å²) in [6.07, 6.45) is 0. The number of amides is 2. The normalized spacial score (nSPS) is 15.1. The van der Waals surface area contributed by atoms with Crippen LogP contribution in [-0.2, 0) is 14.3 Å². The molecule has 0 aromatic heterocycles. The minimum Gasteiger partial charge on any atom is -0.465 e. The van der Waals surface area contributed by atoms with Crippen LogP contribution in [0.1, 0.15) is 17.3 Å². The van der Waals surface area contributed by atoms with Gasteiger partial charge in [-0.25, -0.2) is 4.79 Å². The lowest BCUT2D eigenvalue weighted by molar-refractivity contribution is -0.895. The monoisotopic (exact) mass is 320 g/mol. The summed E-state index contributed by atoms with van der Waals surface area (Å²) in [6, 6.07) is 6.75. The highest BCUT2D eigenvalue weighted by Gasteiger charge is 2.24. The molecular weight excluding hydrogens is 298 g/mol. The molecule has 0 radical (unpaired) electrons. The molecule has 0 atom stereocenters. The predicted molar refractivity (Wildman–Crippen MR) is 84.2 cm³/mol. The number of ether oxygens (including phenoxy) is 1. The van der Waals surface area contributed by atoms with Crippen LogP contribution in [0.25, 0.3) is 0 Å². The Balaban J connectivity index is 1.91. The molecule has 124 valence electrons. The van der Waals surface area contributed by atoms with Gasteiger partial charge in [0, 0.05) is 6.92 Å². The van der Waals surface area contributed by atoms with E-state index in [2.05, 4.69) is 5.32 Å². The van der Waals surface area contributed by atoms with Crippen molar-refractivity contribution < 1.29 is 24.0 Å². The van der Waals surface area contributed by atoms with E-state index in [1.807, 2.05) is 0 Å². The summed E-state index contributed by atoms with van der Waals surface area (Å²) >= 11 is 0. The Morgan fingerprint density at radius 2 is 1.87 bits per heavy atom. The first-order valence-corrected chi connectivity index (χ1v) is 7.57. The number of para-hydroxylation sites is 1. The molecule has 1 saturated heterocycles. The number of rotatable bonds is 4. The van der Waals surface area contributed by atoms with Crippen LogP contribution in [0.4, 0.5) is 5.69 Å². The molecule has 1 aromatic rings. The van der Waals surface area contributed by atoms with Crippen LogP contribution in [-0.4, -0.2) is 62.5 Å². The molecule has 1 heterocycles. The van der Waals surface area contributed by atoms with Gasteiger partial charge in [-0.15, -0.1) is 0 Å². The van der Waals surface area contributed by atoms with Crippen molar-refractivity contribution in [3.05, 3.63) is 29.8 Å². The number of hydrogen-bond donors (Lipinski definition) is 2. The maximum Gasteiger partial charge on any atom is 0.339 e. The van der Waals surface area contributed by atoms with Crippen LogP contribution < -0.4 is 10.2 Å². The highest BCUT2D eigenvalue weighted by Crippen LogP contribution is 2.15. The van der Waals surface area contributed by atoms with E-state index in [1.54, 1.807) is 36.1 Å². The number of nitrogens with zero attached hydrogens (tertiary/aromatic N) is 1. The van der Waals surface area contributed by atoms with E-state index in [9.17, 15) is 14.4 Å². The standard InChI is InChI=1S/C16H21N3O4/c1-12(20)19-9-7-18(8-10-19)11-15(21)17-14-6-4-3-5-13(14)16(22)23-2/h3-6H,7-11H2,1-2H3,(H,17,21)/p+1. The Hall–Kier alpha value is -2.41. The quantitative estimate of drug-likeness (QED) is 0.709. The summed E-state index contributed by atoms with van der Waals surface area (Å²) in [5.74, 6) is -0.573. The highest BCUT2D eigenvalue weighted by atomic mass is 16.5. The molecule has 1 fully saturated rings. The van der Waals surface area contributed by atoms with Gasteiger partial charge in [-0.05, 0) is 12.1 Å². The van der Waals surface area contributed by atoms with Gasteiger partial charge in [-0.1, -0.05) is 12.1 Å².